The largest absolute Gasteiger partial charge is 0.335 e. The number of nitrogens with one attached hydrogen (secondary N) is 1. The van der Waals surface area contributed by atoms with Crippen molar-refractivity contribution in [2.45, 2.75) is 18.7 Å². The van der Waals surface area contributed by atoms with Crippen LogP contribution in [0.15, 0.2) is 35.7 Å². The average molecular weight is 337 g/mol. The molecule has 0 aliphatic carbocycles. The molecule has 1 aromatic rings. The number of carbonyl (C=O) groups is 1. The number of hydrogen-bond donors (Lipinski definition) is 1. The van der Waals surface area contributed by atoms with Gasteiger partial charge in [-0.15, -0.1) is 6.58 Å². The molecule has 0 radical (unpaired) electrons. The summed E-state index contributed by atoms with van der Waals surface area (Å²) in [5.74, 6) is 0. The monoisotopic (exact) mass is 337 g/mol. The highest BCUT2D eigenvalue weighted by atomic mass is 32.2. The smallest absolute Gasteiger partial charge is 0.317 e. The fourth-order valence-electron chi connectivity index (χ4n) is 2.53. The second-order valence-electron chi connectivity index (χ2n) is 5.63. The third-order valence-electron chi connectivity index (χ3n) is 3.88. The fraction of sp³-hybridized carbons (Fsp3) is 0.438. The second-order valence-corrected chi connectivity index (χ2v) is 7.54. The van der Waals surface area contributed by atoms with Crippen LogP contribution in [0, 0.1) is 13.8 Å². The van der Waals surface area contributed by atoms with E-state index in [0.29, 0.717) is 37.6 Å². The maximum atomic E-state index is 12.8. The Morgan fingerprint density at radius 3 is 2.52 bits per heavy atom. The Kier molecular flexibility index (Phi) is 5.43. The van der Waals surface area contributed by atoms with E-state index in [9.17, 15) is 13.2 Å². The quantitative estimate of drug-likeness (QED) is 0.847. The molecule has 2 amide bonds. The lowest BCUT2D eigenvalue weighted by atomic mass is 10.2. The average Bonchev–Trinajstić information content (AvgIpc) is 2.54. The summed E-state index contributed by atoms with van der Waals surface area (Å²) >= 11 is 0. The van der Waals surface area contributed by atoms with Crippen molar-refractivity contribution in [3.05, 3.63) is 42.0 Å². The summed E-state index contributed by atoms with van der Waals surface area (Å²) in [6, 6.07) is 5.24. The first-order chi connectivity index (χ1) is 10.9. The Labute approximate surface area is 137 Å². The molecule has 1 fully saturated rings. The summed E-state index contributed by atoms with van der Waals surface area (Å²) in [6.07, 6.45) is 1.61. The zero-order chi connectivity index (χ0) is 17.0. The summed E-state index contributed by atoms with van der Waals surface area (Å²) in [6.45, 7) is 8.99. The molecule has 126 valence electrons. The molecule has 0 aromatic heterocycles. The van der Waals surface area contributed by atoms with Gasteiger partial charge in [-0.2, -0.15) is 4.31 Å². The van der Waals surface area contributed by atoms with Gasteiger partial charge >= 0.3 is 6.03 Å². The Balaban J connectivity index is 2.08. The number of piperazine rings is 1. The minimum absolute atomic E-state index is 0.186. The van der Waals surface area contributed by atoms with Gasteiger partial charge in [-0.25, -0.2) is 13.2 Å². The standard InChI is InChI=1S/C16H23N3O3S/c1-4-7-17-16(20)18-8-10-19(11-9-18)23(21,22)15-12-13(2)5-6-14(15)3/h4-6,12H,1,7-11H2,2-3H3,(H,17,20). The molecular weight excluding hydrogens is 314 g/mol. The van der Waals surface area contributed by atoms with Crippen LogP contribution in [0.1, 0.15) is 11.1 Å². The van der Waals surface area contributed by atoms with Gasteiger partial charge in [0.2, 0.25) is 10.0 Å². The molecule has 0 atom stereocenters. The van der Waals surface area contributed by atoms with E-state index in [2.05, 4.69) is 11.9 Å². The first kappa shape index (κ1) is 17.5. The minimum Gasteiger partial charge on any atom is -0.335 e. The highest BCUT2D eigenvalue weighted by Crippen LogP contribution is 2.22. The van der Waals surface area contributed by atoms with Crippen molar-refractivity contribution in [3.8, 4) is 0 Å². The molecule has 0 unspecified atom stereocenters. The number of amides is 2. The fourth-order valence-corrected chi connectivity index (χ4v) is 4.26. The number of aryl methyl sites for hydroxylation is 2. The van der Waals surface area contributed by atoms with Gasteiger partial charge in [0.25, 0.3) is 0 Å². The van der Waals surface area contributed by atoms with Gasteiger partial charge in [0.1, 0.15) is 0 Å². The topological polar surface area (TPSA) is 69.7 Å². The van der Waals surface area contributed by atoms with Crippen molar-refractivity contribution in [2.24, 2.45) is 0 Å². The molecule has 23 heavy (non-hydrogen) atoms. The molecule has 1 heterocycles. The number of sulfonamides is 1. The van der Waals surface area contributed by atoms with Crippen LogP contribution in [0.25, 0.3) is 0 Å². The van der Waals surface area contributed by atoms with Crippen LogP contribution < -0.4 is 5.32 Å². The van der Waals surface area contributed by atoms with Gasteiger partial charge in [0, 0.05) is 32.7 Å². The molecule has 7 heteroatoms. The predicted octanol–water partition coefficient (Wildman–Crippen LogP) is 1.51. The molecule has 1 aliphatic heterocycles. The summed E-state index contributed by atoms with van der Waals surface area (Å²) < 4.78 is 27.1. The van der Waals surface area contributed by atoms with Gasteiger partial charge in [-0.1, -0.05) is 18.2 Å². The number of carbonyl (C=O) groups excluding carboxylic acids is 1. The van der Waals surface area contributed by atoms with Crippen LogP contribution in [0.3, 0.4) is 0 Å². The molecule has 1 aromatic carbocycles. The Bertz CT molecular complexity index is 693. The number of urea groups is 1. The SMILES string of the molecule is C=CCNC(=O)N1CCN(S(=O)(=O)c2cc(C)ccc2C)CC1. The molecule has 0 bridgehead atoms. The normalized spacial score (nSPS) is 16.2. The van der Waals surface area contributed by atoms with E-state index < -0.39 is 10.0 Å². The van der Waals surface area contributed by atoms with E-state index in [1.807, 2.05) is 19.1 Å². The van der Waals surface area contributed by atoms with E-state index in [1.54, 1.807) is 24.0 Å². The van der Waals surface area contributed by atoms with Gasteiger partial charge in [0.05, 0.1) is 4.90 Å². The van der Waals surface area contributed by atoms with Crippen LogP contribution in [0.4, 0.5) is 4.79 Å². The number of benzene rings is 1. The Morgan fingerprint density at radius 1 is 1.26 bits per heavy atom. The molecule has 6 nitrogen and oxygen atoms in total. The zero-order valence-corrected chi connectivity index (χ0v) is 14.4. The van der Waals surface area contributed by atoms with Crippen molar-refractivity contribution in [3.63, 3.8) is 0 Å². The lowest BCUT2D eigenvalue weighted by Gasteiger charge is -2.34. The molecule has 2 rings (SSSR count). The Hall–Kier alpha value is -1.86. The first-order valence-electron chi connectivity index (χ1n) is 7.57. The molecular formula is C16H23N3O3S. The van der Waals surface area contributed by atoms with Crippen molar-refractivity contribution < 1.29 is 13.2 Å². The van der Waals surface area contributed by atoms with Crippen LogP contribution in [0.2, 0.25) is 0 Å². The van der Waals surface area contributed by atoms with E-state index in [-0.39, 0.29) is 6.03 Å². The maximum absolute atomic E-state index is 12.8. The molecule has 0 saturated carbocycles. The third-order valence-corrected chi connectivity index (χ3v) is 5.93. The molecule has 1 N–H and O–H groups in total. The summed E-state index contributed by atoms with van der Waals surface area (Å²) in [5.41, 5.74) is 1.65. The zero-order valence-electron chi connectivity index (χ0n) is 13.6. The van der Waals surface area contributed by atoms with Gasteiger partial charge < -0.3 is 10.2 Å². The van der Waals surface area contributed by atoms with Crippen molar-refractivity contribution >= 4 is 16.1 Å². The highest BCUT2D eigenvalue weighted by Gasteiger charge is 2.30. The first-order valence-corrected chi connectivity index (χ1v) is 9.01. The van der Waals surface area contributed by atoms with Crippen molar-refractivity contribution in [1.82, 2.24) is 14.5 Å². The summed E-state index contributed by atoms with van der Waals surface area (Å²) in [4.78, 5) is 13.9. The summed E-state index contributed by atoms with van der Waals surface area (Å²) in [5, 5.41) is 2.70. The minimum atomic E-state index is -3.52. The van der Waals surface area contributed by atoms with Crippen molar-refractivity contribution in [1.29, 1.82) is 0 Å². The van der Waals surface area contributed by atoms with E-state index in [0.717, 1.165) is 11.1 Å². The Morgan fingerprint density at radius 2 is 1.91 bits per heavy atom. The molecule has 1 aliphatic rings. The lowest BCUT2D eigenvalue weighted by Crippen LogP contribution is -2.53. The number of hydrogen-bond acceptors (Lipinski definition) is 3. The molecule has 0 spiro atoms. The van der Waals surface area contributed by atoms with E-state index in [1.165, 1.54) is 4.31 Å². The van der Waals surface area contributed by atoms with Gasteiger partial charge in [-0.3, -0.25) is 0 Å². The second kappa shape index (κ2) is 7.14. The van der Waals surface area contributed by atoms with Crippen LogP contribution >= 0.6 is 0 Å². The van der Waals surface area contributed by atoms with Crippen molar-refractivity contribution in [2.75, 3.05) is 32.7 Å². The third kappa shape index (κ3) is 3.92. The van der Waals surface area contributed by atoms with Crippen LogP contribution in [-0.2, 0) is 10.0 Å². The van der Waals surface area contributed by atoms with Gasteiger partial charge in [-0.05, 0) is 31.0 Å². The number of rotatable bonds is 4. The maximum Gasteiger partial charge on any atom is 0.317 e. The van der Waals surface area contributed by atoms with E-state index in [4.69, 9.17) is 0 Å². The molecule has 1 saturated heterocycles. The van der Waals surface area contributed by atoms with Gasteiger partial charge in [0.15, 0.2) is 0 Å². The highest BCUT2D eigenvalue weighted by molar-refractivity contribution is 7.89. The van der Waals surface area contributed by atoms with E-state index >= 15 is 0 Å². The van der Waals surface area contributed by atoms with Crippen LogP contribution in [0.5, 0.6) is 0 Å². The van der Waals surface area contributed by atoms with Crippen LogP contribution in [-0.4, -0.2) is 56.4 Å². The lowest BCUT2D eigenvalue weighted by molar-refractivity contribution is 0.173. The number of nitrogens with zero attached hydrogens (tertiary/aromatic N) is 2. The summed E-state index contributed by atoms with van der Waals surface area (Å²) in [7, 11) is -3.52. The predicted molar refractivity (Wildman–Crippen MR) is 89.8 cm³/mol.